The summed E-state index contributed by atoms with van der Waals surface area (Å²) >= 11 is 0. The molecule has 1 aromatic heterocycles. The van der Waals surface area contributed by atoms with Crippen LogP contribution in [-0.2, 0) is 0 Å². The van der Waals surface area contributed by atoms with Gasteiger partial charge in [-0.2, -0.15) is 0 Å². The molecule has 0 saturated heterocycles. The van der Waals surface area contributed by atoms with Crippen LogP contribution in [0.5, 0.6) is 0 Å². The Morgan fingerprint density at radius 1 is 1.54 bits per heavy atom. The van der Waals surface area contributed by atoms with E-state index < -0.39 is 0 Å². The maximum atomic E-state index is 5.63. The SMILES string of the molecule is C=C1NC=Cc2cc(N)nc(C)c21. The minimum absolute atomic E-state index is 0.551. The molecule has 0 aliphatic carbocycles. The Morgan fingerprint density at radius 3 is 3.08 bits per heavy atom. The van der Waals surface area contributed by atoms with E-state index in [-0.39, 0.29) is 0 Å². The van der Waals surface area contributed by atoms with Crippen molar-refractivity contribution in [1.82, 2.24) is 10.3 Å². The number of anilines is 1. The molecule has 2 heterocycles. The Kier molecular flexibility index (Phi) is 1.59. The molecule has 0 bridgehead atoms. The van der Waals surface area contributed by atoms with E-state index in [0.717, 1.165) is 22.5 Å². The second-order valence-electron chi connectivity index (χ2n) is 3.05. The van der Waals surface area contributed by atoms with Gasteiger partial charge in [0, 0.05) is 23.2 Å². The van der Waals surface area contributed by atoms with Gasteiger partial charge >= 0.3 is 0 Å². The monoisotopic (exact) mass is 173 g/mol. The summed E-state index contributed by atoms with van der Waals surface area (Å²) in [7, 11) is 0. The fourth-order valence-electron chi connectivity index (χ4n) is 1.55. The molecule has 0 fully saturated rings. The van der Waals surface area contributed by atoms with E-state index in [2.05, 4.69) is 16.9 Å². The van der Waals surface area contributed by atoms with Gasteiger partial charge in [0.05, 0.1) is 0 Å². The van der Waals surface area contributed by atoms with E-state index in [4.69, 9.17) is 5.73 Å². The number of nitrogens with two attached hydrogens (primary N) is 1. The van der Waals surface area contributed by atoms with Crippen molar-refractivity contribution in [3.63, 3.8) is 0 Å². The topological polar surface area (TPSA) is 50.9 Å². The average molecular weight is 173 g/mol. The van der Waals surface area contributed by atoms with E-state index in [1.807, 2.05) is 25.3 Å². The molecule has 3 nitrogen and oxygen atoms in total. The van der Waals surface area contributed by atoms with Gasteiger partial charge in [0.1, 0.15) is 5.82 Å². The molecule has 1 aliphatic heterocycles. The summed E-state index contributed by atoms with van der Waals surface area (Å²) in [5.74, 6) is 0.551. The zero-order valence-electron chi connectivity index (χ0n) is 7.46. The highest BCUT2D eigenvalue weighted by Gasteiger charge is 2.12. The maximum absolute atomic E-state index is 5.63. The van der Waals surface area contributed by atoms with Gasteiger partial charge < -0.3 is 11.1 Å². The lowest BCUT2D eigenvalue weighted by atomic mass is 10.0. The first-order valence-corrected chi connectivity index (χ1v) is 4.08. The predicted octanol–water partition coefficient (Wildman–Crippen LogP) is 1.52. The molecular formula is C10H11N3. The van der Waals surface area contributed by atoms with Gasteiger partial charge in [-0.25, -0.2) is 4.98 Å². The Morgan fingerprint density at radius 2 is 2.31 bits per heavy atom. The molecule has 0 atom stereocenters. The molecule has 1 aromatic rings. The minimum Gasteiger partial charge on any atom is -0.384 e. The highest BCUT2D eigenvalue weighted by Crippen LogP contribution is 2.24. The van der Waals surface area contributed by atoms with E-state index in [0.29, 0.717) is 5.82 Å². The molecule has 0 saturated carbocycles. The van der Waals surface area contributed by atoms with Crippen LogP contribution in [0.3, 0.4) is 0 Å². The lowest BCUT2D eigenvalue weighted by Gasteiger charge is -2.16. The van der Waals surface area contributed by atoms with Crippen molar-refractivity contribution in [2.45, 2.75) is 6.92 Å². The second kappa shape index (κ2) is 2.62. The highest BCUT2D eigenvalue weighted by atomic mass is 14.9. The molecule has 1 aliphatic rings. The number of pyridine rings is 1. The number of nitrogen functional groups attached to an aromatic ring is 1. The van der Waals surface area contributed by atoms with Crippen molar-refractivity contribution in [2.75, 3.05) is 5.73 Å². The first kappa shape index (κ1) is 7.86. The summed E-state index contributed by atoms with van der Waals surface area (Å²) < 4.78 is 0. The molecule has 3 heteroatoms. The number of hydrogen-bond acceptors (Lipinski definition) is 3. The Balaban J connectivity index is 2.71. The molecule has 66 valence electrons. The molecule has 2 rings (SSSR count). The molecule has 13 heavy (non-hydrogen) atoms. The third-order valence-electron chi connectivity index (χ3n) is 2.07. The lowest BCUT2D eigenvalue weighted by Crippen LogP contribution is -2.11. The fourth-order valence-corrected chi connectivity index (χ4v) is 1.55. The lowest BCUT2D eigenvalue weighted by molar-refractivity contribution is 1.13. The highest BCUT2D eigenvalue weighted by molar-refractivity contribution is 5.78. The number of fused-ring (bicyclic) bond motifs is 1. The molecule has 0 spiro atoms. The number of aromatic nitrogens is 1. The molecule has 0 amide bonds. The van der Waals surface area contributed by atoms with Crippen LogP contribution in [0, 0.1) is 6.92 Å². The third-order valence-corrected chi connectivity index (χ3v) is 2.07. The van der Waals surface area contributed by atoms with Crippen molar-refractivity contribution in [2.24, 2.45) is 0 Å². The fraction of sp³-hybridized carbons (Fsp3) is 0.100. The second-order valence-corrected chi connectivity index (χ2v) is 3.05. The van der Waals surface area contributed by atoms with Gasteiger partial charge in [-0.1, -0.05) is 6.58 Å². The standard InChI is InChI=1S/C10H11N3/c1-6-10-7(2)13-9(11)5-8(10)3-4-12-6/h3-5,12H,1H2,2H3,(H2,11,13). The van der Waals surface area contributed by atoms with Crippen molar-refractivity contribution >= 4 is 17.6 Å². The van der Waals surface area contributed by atoms with E-state index >= 15 is 0 Å². The molecular weight excluding hydrogens is 162 g/mol. The third kappa shape index (κ3) is 1.18. The number of aryl methyl sites for hydroxylation is 1. The van der Waals surface area contributed by atoms with Gasteiger partial charge in [0.2, 0.25) is 0 Å². The molecule has 3 N–H and O–H groups in total. The van der Waals surface area contributed by atoms with E-state index in [1.54, 1.807) is 0 Å². The number of nitrogens with one attached hydrogen (secondary N) is 1. The minimum atomic E-state index is 0.551. The van der Waals surface area contributed by atoms with Crippen LogP contribution in [0.1, 0.15) is 16.8 Å². The zero-order valence-corrected chi connectivity index (χ0v) is 7.46. The van der Waals surface area contributed by atoms with Crippen LogP contribution >= 0.6 is 0 Å². The smallest absolute Gasteiger partial charge is 0.124 e. The van der Waals surface area contributed by atoms with Crippen molar-refractivity contribution in [1.29, 1.82) is 0 Å². The Bertz CT molecular complexity index is 405. The van der Waals surface area contributed by atoms with E-state index in [9.17, 15) is 0 Å². The summed E-state index contributed by atoms with van der Waals surface area (Å²) in [5.41, 5.74) is 9.55. The van der Waals surface area contributed by atoms with Crippen LogP contribution in [0.2, 0.25) is 0 Å². The Labute approximate surface area is 77.0 Å². The van der Waals surface area contributed by atoms with Crippen LogP contribution in [-0.4, -0.2) is 4.98 Å². The summed E-state index contributed by atoms with van der Waals surface area (Å²) in [6, 6.07) is 1.85. The largest absolute Gasteiger partial charge is 0.384 e. The normalized spacial score (nSPS) is 13.8. The van der Waals surface area contributed by atoms with Gasteiger partial charge in [-0.15, -0.1) is 0 Å². The Hall–Kier alpha value is -1.77. The van der Waals surface area contributed by atoms with Gasteiger partial charge in [-0.05, 0) is 24.6 Å². The quantitative estimate of drug-likeness (QED) is 0.625. The first-order chi connectivity index (χ1) is 6.18. The number of rotatable bonds is 0. The summed E-state index contributed by atoms with van der Waals surface area (Å²) in [6.07, 6.45) is 3.82. The van der Waals surface area contributed by atoms with Gasteiger partial charge in [-0.3, -0.25) is 0 Å². The summed E-state index contributed by atoms with van der Waals surface area (Å²) in [6.45, 7) is 5.83. The predicted molar refractivity (Wildman–Crippen MR) is 54.6 cm³/mol. The van der Waals surface area contributed by atoms with Crippen molar-refractivity contribution in [3.05, 3.63) is 35.7 Å². The van der Waals surface area contributed by atoms with Crippen LogP contribution in [0.25, 0.3) is 11.8 Å². The maximum Gasteiger partial charge on any atom is 0.124 e. The number of hydrogen-bond donors (Lipinski definition) is 2. The molecule has 0 aromatic carbocycles. The zero-order chi connectivity index (χ0) is 9.42. The summed E-state index contributed by atoms with van der Waals surface area (Å²) in [5, 5.41) is 3.04. The molecule has 0 radical (unpaired) electrons. The van der Waals surface area contributed by atoms with Gasteiger partial charge in [0.15, 0.2) is 0 Å². The van der Waals surface area contributed by atoms with Crippen LogP contribution in [0.15, 0.2) is 18.8 Å². The average Bonchev–Trinajstić information content (AvgIpc) is 2.02. The van der Waals surface area contributed by atoms with Crippen LogP contribution < -0.4 is 11.1 Å². The van der Waals surface area contributed by atoms with Crippen molar-refractivity contribution < 1.29 is 0 Å². The van der Waals surface area contributed by atoms with Crippen molar-refractivity contribution in [3.8, 4) is 0 Å². The summed E-state index contributed by atoms with van der Waals surface area (Å²) in [4.78, 5) is 4.18. The van der Waals surface area contributed by atoms with E-state index in [1.165, 1.54) is 0 Å². The van der Waals surface area contributed by atoms with Crippen LogP contribution in [0.4, 0.5) is 5.82 Å². The first-order valence-electron chi connectivity index (χ1n) is 4.08. The number of nitrogens with zero attached hydrogens (tertiary/aromatic N) is 1. The molecule has 0 unspecified atom stereocenters. The van der Waals surface area contributed by atoms with Gasteiger partial charge in [0.25, 0.3) is 0 Å².